The molecule has 2 aromatic rings. The van der Waals surface area contributed by atoms with Gasteiger partial charge in [-0.15, -0.1) is 0 Å². The number of hydrogen-bond acceptors (Lipinski definition) is 2. The minimum atomic E-state index is -0.924. The van der Waals surface area contributed by atoms with Crippen LogP contribution in [0.15, 0.2) is 24.4 Å². The first-order valence-electron chi connectivity index (χ1n) is 6.87. The lowest BCUT2D eigenvalue weighted by Crippen LogP contribution is -2.11. The highest BCUT2D eigenvalue weighted by Crippen LogP contribution is 2.27. The van der Waals surface area contributed by atoms with Crippen molar-refractivity contribution in [1.29, 1.82) is 0 Å². The van der Waals surface area contributed by atoms with Gasteiger partial charge in [0, 0.05) is 0 Å². The number of aryl methyl sites for hydroxylation is 2. The predicted octanol–water partition coefficient (Wildman–Crippen LogP) is 3.56. The first kappa shape index (κ1) is 14.3. The number of carboxylic acid groups (broad SMARTS) is 1. The van der Waals surface area contributed by atoms with Crippen LogP contribution in [0.3, 0.4) is 0 Å². The zero-order chi connectivity index (χ0) is 14.9. The van der Waals surface area contributed by atoms with E-state index in [4.69, 9.17) is 0 Å². The van der Waals surface area contributed by atoms with E-state index in [0.717, 1.165) is 23.4 Å². The second-order valence-electron chi connectivity index (χ2n) is 5.25. The fourth-order valence-electron chi connectivity index (χ4n) is 2.56. The third-order valence-corrected chi connectivity index (χ3v) is 3.50. The van der Waals surface area contributed by atoms with Crippen molar-refractivity contribution in [3.05, 3.63) is 46.8 Å². The van der Waals surface area contributed by atoms with Crippen LogP contribution in [0.4, 0.5) is 0 Å². The van der Waals surface area contributed by atoms with E-state index >= 15 is 0 Å². The van der Waals surface area contributed by atoms with E-state index < -0.39 is 5.97 Å². The Balaban J connectivity index is 2.74. The summed E-state index contributed by atoms with van der Waals surface area (Å²) in [5.74, 6) is -0.834. The van der Waals surface area contributed by atoms with Crippen molar-refractivity contribution >= 4 is 5.97 Å². The Morgan fingerprint density at radius 2 is 2.10 bits per heavy atom. The first-order chi connectivity index (χ1) is 9.47. The molecule has 0 atom stereocenters. The summed E-state index contributed by atoms with van der Waals surface area (Å²) in [6.07, 6.45) is 2.33. The predicted molar refractivity (Wildman–Crippen MR) is 78.7 cm³/mol. The van der Waals surface area contributed by atoms with E-state index in [2.05, 4.69) is 18.1 Å². The van der Waals surface area contributed by atoms with Crippen molar-refractivity contribution in [2.45, 2.75) is 40.0 Å². The lowest BCUT2D eigenvalue weighted by Gasteiger charge is -2.16. The van der Waals surface area contributed by atoms with Crippen molar-refractivity contribution in [3.8, 4) is 5.69 Å². The molecular formula is C16H20N2O2. The van der Waals surface area contributed by atoms with Crippen molar-refractivity contribution in [2.24, 2.45) is 0 Å². The number of aromatic carboxylic acids is 1. The smallest absolute Gasteiger partial charge is 0.339 e. The monoisotopic (exact) mass is 272 g/mol. The van der Waals surface area contributed by atoms with Gasteiger partial charge in [0.05, 0.1) is 17.6 Å². The molecule has 2 rings (SSSR count). The van der Waals surface area contributed by atoms with Crippen LogP contribution >= 0.6 is 0 Å². The van der Waals surface area contributed by atoms with Gasteiger partial charge in [0.25, 0.3) is 0 Å². The third kappa shape index (κ3) is 2.33. The number of nitrogens with zero attached hydrogens (tertiary/aromatic N) is 2. The first-order valence-corrected chi connectivity index (χ1v) is 6.87. The van der Waals surface area contributed by atoms with Gasteiger partial charge in [-0.1, -0.05) is 39.0 Å². The number of carboxylic acids is 1. The molecule has 1 heterocycles. The van der Waals surface area contributed by atoms with E-state index in [0.29, 0.717) is 0 Å². The van der Waals surface area contributed by atoms with Crippen LogP contribution in [0.1, 0.15) is 53.9 Å². The largest absolute Gasteiger partial charge is 0.478 e. The topological polar surface area (TPSA) is 55.1 Å². The molecule has 106 valence electrons. The standard InChI is InChI=1S/C16H20N2O2/c1-5-12-8-6-7-11(4)15(12)18-14(10(2)3)13(9-17-18)16(19)20/h6-10H,5H2,1-4H3,(H,19,20). The van der Waals surface area contributed by atoms with Gasteiger partial charge in [-0.05, 0) is 30.4 Å². The maximum Gasteiger partial charge on any atom is 0.339 e. The minimum absolute atomic E-state index is 0.0907. The molecule has 0 radical (unpaired) electrons. The van der Waals surface area contributed by atoms with E-state index in [1.807, 2.05) is 32.9 Å². The van der Waals surface area contributed by atoms with E-state index in [1.54, 1.807) is 4.68 Å². The Morgan fingerprint density at radius 3 is 2.65 bits per heavy atom. The number of benzene rings is 1. The number of para-hydroxylation sites is 1. The lowest BCUT2D eigenvalue weighted by molar-refractivity contribution is 0.0695. The van der Waals surface area contributed by atoms with Crippen LogP contribution in [0.25, 0.3) is 5.69 Å². The molecule has 1 aromatic carbocycles. The quantitative estimate of drug-likeness (QED) is 0.925. The van der Waals surface area contributed by atoms with Gasteiger partial charge >= 0.3 is 5.97 Å². The molecular weight excluding hydrogens is 252 g/mol. The average Bonchev–Trinajstić information content (AvgIpc) is 2.82. The molecule has 0 saturated carbocycles. The third-order valence-electron chi connectivity index (χ3n) is 3.50. The summed E-state index contributed by atoms with van der Waals surface area (Å²) >= 11 is 0. The van der Waals surface area contributed by atoms with Crippen LogP contribution < -0.4 is 0 Å². The molecule has 4 nitrogen and oxygen atoms in total. The van der Waals surface area contributed by atoms with Gasteiger partial charge in [0.15, 0.2) is 0 Å². The van der Waals surface area contributed by atoms with Crippen LogP contribution in [0.5, 0.6) is 0 Å². The van der Waals surface area contributed by atoms with Crippen molar-refractivity contribution in [3.63, 3.8) is 0 Å². The number of rotatable bonds is 4. The number of carbonyl (C=O) groups is 1. The van der Waals surface area contributed by atoms with Crippen LogP contribution in [0.2, 0.25) is 0 Å². The molecule has 20 heavy (non-hydrogen) atoms. The summed E-state index contributed by atoms with van der Waals surface area (Å²) in [5.41, 5.74) is 4.32. The van der Waals surface area contributed by atoms with Crippen molar-refractivity contribution < 1.29 is 9.90 Å². The molecule has 0 aliphatic carbocycles. The summed E-state index contributed by atoms with van der Waals surface area (Å²) in [7, 11) is 0. The second-order valence-corrected chi connectivity index (χ2v) is 5.25. The fourth-order valence-corrected chi connectivity index (χ4v) is 2.56. The van der Waals surface area contributed by atoms with E-state index in [-0.39, 0.29) is 11.5 Å². The summed E-state index contributed by atoms with van der Waals surface area (Å²) in [4.78, 5) is 11.4. The highest BCUT2D eigenvalue weighted by molar-refractivity contribution is 5.89. The molecule has 0 aliphatic rings. The molecule has 4 heteroatoms. The Morgan fingerprint density at radius 1 is 1.40 bits per heavy atom. The lowest BCUT2D eigenvalue weighted by atomic mass is 10.0. The van der Waals surface area contributed by atoms with Gasteiger partial charge in [0.1, 0.15) is 5.56 Å². The number of aromatic nitrogens is 2. The normalized spacial score (nSPS) is 11.1. The summed E-state index contributed by atoms with van der Waals surface area (Å²) in [5, 5.41) is 13.7. The SMILES string of the molecule is CCc1cccc(C)c1-n1ncc(C(=O)O)c1C(C)C. The zero-order valence-electron chi connectivity index (χ0n) is 12.3. The molecule has 1 aromatic heterocycles. The Labute approximate surface area is 119 Å². The average molecular weight is 272 g/mol. The molecule has 0 unspecified atom stereocenters. The zero-order valence-corrected chi connectivity index (χ0v) is 12.3. The van der Waals surface area contributed by atoms with Gasteiger partial charge < -0.3 is 5.11 Å². The summed E-state index contributed by atoms with van der Waals surface area (Å²) in [6.45, 7) is 8.10. The minimum Gasteiger partial charge on any atom is -0.478 e. The van der Waals surface area contributed by atoms with Crippen LogP contribution in [-0.2, 0) is 6.42 Å². The number of hydrogen-bond donors (Lipinski definition) is 1. The van der Waals surface area contributed by atoms with Gasteiger partial charge in [-0.2, -0.15) is 5.10 Å². The van der Waals surface area contributed by atoms with Gasteiger partial charge in [-0.25, -0.2) is 9.48 Å². The molecule has 0 aliphatic heterocycles. The molecule has 0 fully saturated rings. The molecule has 1 N–H and O–H groups in total. The highest BCUT2D eigenvalue weighted by Gasteiger charge is 2.22. The maximum absolute atomic E-state index is 11.4. The Kier molecular flexibility index (Phi) is 3.93. The summed E-state index contributed by atoms with van der Waals surface area (Å²) in [6, 6.07) is 6.11. The van der Waals surface area contributed by atoms with E-state index in [1.165, 1.54) is 11.8 Å². The molecule has 0 bridgehead atoms. The Hall–Kier alpha value is -2.10. The van der Waals surface area contributed by atoms with Crippen molar-refractivity contribution in [1.82, 2.24) is 9.78 Å². The van der Waals surface area contributed by atoms with Crippen LogP contribution in [-0.4, -0.2) is 20.9 Å². The molecule has 0 spiro atoms. The Bertz CT molecular complexity index is 642. The summed E-state index contributed by atoms with van der Waals surface area (Å²) < 4.78 is 1.79. The highest BCUT2D eigenvalue weighted by atomic mass is 16.4. The van der Waals surface area contributed by atoms with Gasteiger partial charge in [-0.3, -0.25) is 0 Å². The van der Waals surface area contributed by atoms with Crippen LogP contribution in [0, 0.1) is 6.92 Å². The molecule has 0 saturated heterocycles. The van der Waals surface area contributed by atoms with E-state index in [9.17, 15) is 9.90 Å². The second kappa shape index (κ2) is 5.49. The maximum atomic E-state index is 11.4. The fraction of sp³-hybridized carbons (Fsp3) is 0.375. The van der Waals surface area contributed by atoms with Gasteiger partial charge in [0.2, 0.25) is 0 Å². The van der Waals surface area contributed by atoms with Crippen molar-refractivity contribution in [2.75, 3.05) is 0 Å². The molecule has 0 amide bonds.